The summed E-state index contributed by atoms with van der Waals surface area (Å²) in [6.45, 7) is 0.277. The van der Waals surface area contributed by atoms with Crippen molar-refractivity contribution in [3.05, 3.63) is 59.7 Å². The van der Waals surface area contributed by atoms with Crippen molar-refractivity contribution in [1.82, 2.24) is 10.2 Å². The number of aliphatic carboxylic acids is 1. The molecule has 0 radical (unpaired) electrons. The summed E-state index contributed by atoms with van der Waals surface area (Å²) in [5, 5.41) is 11.9. The molecular weight excluding hydrogens is 444 g/mol. The zero-order valence-corrected chi connectivity index (χ0v) is 19.0. The maximum atomic E-state index is 12.5. The molecule has 0 aromatic heterocycles. The third-order valence-corrected chi connectivity index (χ3v) is 7.05. The number of carbonyl (C=O) groups excluding carboxylic acids is 2. The smallest absolute Gasteiger partial charge is 0.407 e. The van der Waals surface area contributed by atoms with E-state index in [9.17, 15) is 19.5 Å². The van der Waals surface area contributed by atoms with Crippen LogP contribution in [0.25, 0.3) is 11.1 Å². The van der Waals surface area contributed by atoms with Crippen LogP contribution in [0.2, 0.25) is 0 Å². The molecule has 0 spiro atoms. The predicted octanol–water partition coefficient (Wildman–Crippen LogP) is 2.92. The number of carboxylic acid groups (broad SMARTS) is 1. The molecule has 2 aliphatic rings. The number of nitrogens with one attached hydrogen (secondary N) is 1. The van der Waals surface area contributed by atoms with Crippen molar-refractivity contribution in [3.63, 3.8) is 0 Å². The fraction of sp³-hybridized carbons (Fsp3) is 0.375. The second kappa shape index (κ2) is 10.3. The van der Waals surface area contributed by atoms with Crippen LogP contribution in [0.5, 0.6) is 0 Å². The van der Waals surface area contributed by atoms with Crippen LogP contribution < -0.4 is 5.32 Å². The molecule has 1 fully saturated rings. The fourth-order valence-electron chi connectivity index (χ4n) is 4.29. The fourth-order valence-corrected chi connectivity index (χ4v) is 5.46. The van der Waals surface area contributed by atoms with Crippen LogP contribution in [0.1, 0.15) is 23.5 Å². The quantitative estimate of drug-likeness (QED) is 0.611. The van der Waals surface area contributed by atoms with Crippen molar-refractivity contribution < 1.29 is 29.0 Å². The van der Waals surface area contributed by atoms with E-state index in [1.165, 1.54) is 23.8 Å². The number of carbonyl (C=O) groups is 3. The Balaban J connectivity index is 1.29. The van der Waals surface area contributed by atoms with E-state index < -0.39 is 24.2 Å². The number of thioether (sulfide) groups is 1. The molecule has 4 rings (SSSR count). The van der Waals surface area contributed by atoms with Crippen molar-refractivity contribution in [1.29, 1.82) is 0 Å². The summed E-state index contributed by atoms with van der Waals surface area (Å²) in [6, 6.07) is 15.4. The number of amides is 2. The van der Waals surface area contributed by atoms with Gasteiger partial charge >= 0.3 is 12.1 Å². The second-order valence-corrected chi connectivity index (χ2v) is 8.99. The Labute approximate surface area is 196 Å². The number of carboxylic acids is 1. The van der Waals surface area contributed by atoms with Gasteiger partial charge in [0.05, 0.1) is 18.4 Å². The first-order valence-electron chi connectivity index (χ1n) is 10.7. The van der Waals surface area contributed by atoms with Gasteiger partial charge in [-0.3, -0.25) is 4.79 Å². The summed E-state index contributed by atoms with van der Waals surface area (Å²) < 4.78 is 10.8. The minimum atomic E-state index is -1.01. The molecule has 2 N–H and O–H groups in total. The third-order valence-electron chi connectivity index (χ3n) is 6.04. The van der Waals surface area contributed by atoms with E-state index in [1.54, 1.807) is 0 Å². The average Bonchev–Trinajstić information content (AvgIpc) is 3.44. The zero-order chi connectivity index (χ0) is 23.4. The number of hydrogen-bond acceptors (Lipinski definition) is 6. The van der Waals surface area contributed by atoms with E-state index in [0.29, 0.717) is 11.6 Å². The Bertz CT molecular complexity index is 1000. The van der Waals surface area contributed by atoms with E-state index in [4.69, 9.17) is 9.47 Å². The first-order chi connectivity index (χ1) is 16.0. The number of rotatable bonds is 8. The molecule has 174 valence electrons. The van der Waals surface area contributed by atoms with E-state index >= 15 is 0 Å². The predicted molar refractivity (Wildman–Crippen MR) is 124 cm³/mol. The van der Waals surface area contributed by atoms with E-state index in [1.807, 2.05) is 24.3 Å². The van der Waals surface area contributed by atoms with Gasteiger partial charge in [-0.25, -0.2) is 9.59 Å². The number of methoxy groups -OCH3 is 1. The van der Waals surface area contributed by atoms with Gasteiger partial charge in [0.15, 0.2) is 0 Å². The van der Waals surface area contributed by atoms with E-state index in [-0.39, 0.29) is 31.4 Å². The highest BCUT2D eigenvalue weighted by Gasteiger charge is 2.35. The molecule has 1 aliphatic heterocycles. The molecule has 2 unspecified atom stereocenters. The van der Waals surface area contributed by atoms with Crippen LogP contribution in [0, 0.1) is 0 Å². The van der Waals surface area contributed by atoms with Gasteiger partial charge in [-0.2, -0.15) is 0 Å². The number of nitrogens with zero attached hydrogens (tertiary/aromatic N) is 1. The Morgan fingerprint density at radius 2 is 1.76 bits per heavy atom. The van der Waals surface area contributed by atoms with Gasteiger partial charge < -0.3 is 24.8 Å². The largest absolute Gasteiger partial charge is 0.480 e. The Hall–Kier alpha value is -3.04. The molecule has 2 amide bonds. The van der Waals surface area contributed by atoms with Crippen LogP contribution in [0.4, 0.5) is 4.79 Å². The lowest BCUT2D eigenvalue weighted by Crippen LogP contribution is -2.44. The molecule has 33 heavy (non-hydrogen) atoms. The second-order valence-electron chi connectivity index (χ2n) is 7.99. The maximum absolute atomic E-state index is 12.5. The minimum Gasteiger partial charge on any atom is -0.480 e. The van der Waals surface area contributed by atoms with E-state index in [0.717, 1.165) is 22.3 Å². The molecule has 8 nitrogen and oxygen atoms in total. The lowest BCUT2D eigenvalue weighted by atomic mass is 9.98. The molecule has 2 aromatic rings. The Kier molecular flexibility index (Phi) is 7.20. The van der Waals surface area contributed by atoms with Crippen LogP contribution in [0.15, 0.2) is 48.5 Å². The first-order valence-corrected chi connectivity index (χ1v) is 11.9. The zero-order valence-electron chi connectivity index (χ0n) is 18.2. The van der Waals surface area contributed by atoms with Crippen molar-refractivity contribution in [2.45, 2.75) is 24.5 Å². The van der Waals surface area contributed by atoms with Crippen LogP contribution in [-0.4, -0.2) is 72.0 Å². The van der Waals surface area contributed by atoms with Gasteiger partial charge in [-0.1, -0.05) is 48.5 Å². The standard InChI is InChI=1S/C24H26N2O6S/c1-31-15(10-22(27)26-14-33-13-21(26)23(28)29)11-25-24(30)32-12-20-18-8-4-2-6-16(18)17-7-3-5-9-19(17)20/h2-9,15,20-21H,10-14H2,1H3,(H,25,30)(H,28,29). The van der Waals surface area contributed by atoms with Crippen LogP contribution in [0.3, 0.4) is 0 Å². The number of fused-ring (bicyclic) bond motifs is 3. The van der Waals surface area contributed by atoms with Crippen molar-refractivity contribution >= 4 is 29.7 Å². The normalized spacial score (nSPS) is 17.8. The van der Waals surface area contributed by atoms with Gasteiger partial charge in [0.2, 0.25) is 5.91 Å². The van der Waals surface area contributed by atoms with Crippen LogP contribution >= 0.6 is 11.8 Å². The average molecular weight is 471 g/mol. The molecule has 1 heterocycles. The van der Waals surface area contributed by atoms with E-state index in [2.05, 4.69) is 29.6 Å². The van der Waals surface area contributed by atoms with Crippen molar-refractivity contribution in [2.75, 3.05) is 31.9 Å². The number of benzene rings is 2. The lowest BCUT2D eigenvalue weighted by Gasteiger charge is -2.23. The van der Waals surface area contributed by atoms with Crippen LogP contribution in [-0.2, 0) is 19.1 Å². The summed E-state index contributed by atoms with van der Waals surface area (Å²) in [4.78, 5) is 37.5. The summed E-state index contributed by atoms with van der Waals surface area (Å²) in [7, 11) is 1.45. The van der Waals surface area contributed by atoms with Gasteiger partial charge in [0, 0.05) is 25.3 Å². The topological polar surface area (TPSA) is 105 Å². The minimum absolute atomic E-state index is 0.0233. The molecule has 9 heteroatoms. The van der Waals surface area contributed by atoms with Gasteiger partial charge in [-0.15, -0.1) is 11.8 Å². The third kappa shape index (κ3) is 4.99. The highest BCUT2D eigenvalue weighted by molar-refractivity contribution is 7.99. The van der Waals surface area contributed by atoms with Crippen molar-refractivity contribution in [3.8, 4) is 11.1 Å². The summed E-state index contributed by atoms with van der Waals surface area (Å²) in [5.41, 5.74) is 4.56. The maximum Gasteiger partial charge on any atom is 0.407 e. The molecular formula is C24H26N2O6S. The summed E-state index contributed by atoms with van der Waals surface area (Å²) in [5.74, 6) is -0.654. The molecule has 1 saturated heterocycles. The highest BCUT2D eigenvalue weighted by atomic mass is 32.2. The Morgan fingerprint density at radius 1 is 1.12 bits per heavy atom. The summed E-state index contributed by atoms with van der Waals surface area (Å²) in [6.07, 6.45) is -1.20. The first kappa shape index (κ1) is 23.1. The summed E-state index contributed by atoms with van der Waals surface area (Å²) >= 11 is 1.40. The molecule has 0 saturated carbocycles. The van der Waals surface area contributed by atoms with Gasteiger partial charge in [0.1, 0.15) is 12.6 Å². The number of ether oxygens (including phenoxy) is 2. The van der Waals surface area contributed by atoms with Gasteiger partial charge in [-0.05, 0) is 22.3 Å². The van der Waals surface area contributed by atoms with Crippen molar-refractivity contribution in [2.24, 2.45) is 0 Å². The monoisotopic (exact) mass is 470 g/mol. The molecule has 2 atom stereocenters. The lowest BCUT2D eigenvalue weighted by molar-refractivity contribution is -0.148. The highest BCUT2D eigenvalue weighted by Crippen LogP contribution is 2.44. The van der Waals surface area contributed by atoms with Gasteiger partial charge in [0.25, 0.3) is 0 Å². The number of hydrogen-bond donors (Lipinski definition) is 2. The number of alkyl carbamates (subject to hydrolysis) is 1. The molecule has 1 aliphatic carbocycles. The Morgan fingerprint density at radius 3 is 2.36 bits per heavy atom. The SMILES string of the molecule is COC(CNC(=O)OCC1c2ccccc2-c2ccccc21)CC(=O)N1CSCC1C(=O)O. The molecule has 2 aromatic carbocycles. The molecule has 0 bridgehead atoms.